The van der Waals surface area contributed by atoms with E-state index in [1.807, 2.05) is 4.90 Å². The quantitative estimate of drug-likeness (QED) is 0.750. The molecule has 6 nitrogen and oxygen atoms in total. The van der Waals surface area contributed by atoms with E-state index in [9.17, 15) is 22.3 Å². The molecule has 1 unspecified atom stereocenters. The molecule has 1 aliphatic rings. The van der Waals surface area contributed by atoms with Gasteiger partial charge in [-0.15, -0.1) is 0 Å². The van der Waals surface area contributed by atoms with Crippen LogP contribution in [0.4, 0.5) is 8.78 Å². The number of hydrogen-bond donors (Lipinski definition) is 1. The molecule has 28 heavy (non-hydrogen) atoms. The zero-order valence-corrected chi connectivity index (χ0v) is 16.0. The Morgan fingerprint density at radius 3 is 2.43 bits per heavy atom. The first-order valence-corrected chi connectivity index (χ1v) is 10.3. The minimum atomic E-state index is -3.75. The summed E-state index contributed by atoms with van der Waals surface area (Å²) in [5, 5.41) is 10.1. The van der Waals surface area contributed by atoms with Gasteiger partial charge in [-0.05, 0) is 30.3 Å². The maximum absolute atomic E-state index is 13.5. The smallest absolute Gasteiger partial charge is 0.243 e. The minimum absolute atomic E-state index is 0.0667. The van der Waals surface area contributed by atoms with Gasteiger partial charge < -0.3 is 9.84 Å². The van der Waals surface area contributed by atoms with Crippen LogP contribution in [0.2, 0.25) is 0 Å². The molecule has 1 aliphatic heterocycles. The molecule has 2 aromatic rings. The van der Waals surface area contributed by atoms with E-state index >= 15 is 0 Å². The Balaban J connectivity index is 1.49. The molecule has 2 aromatic carbocycles. The van der Waals surface area contributed by atoms with E-state index in [1.165, 1.54) is 34.6 Å². The number of β-amino-alcohol motifs (C(OH)–C–C–N with tert-alkyl or cyclic N) is 1. The number of nitrogens with zero attached hydrogens (tertiary/aromatic N) is 2. The second-order valence-electron chi connectivity index (χ2n) is 6.56. The predicted octanol–water partition coefficient (Wildman–Crippen LogP) is 1.71. The van der Waals surface area contributed by atoms with Gasteiger partial charge in [0.2, 0.25) is 10.0 Å². The van der Waals surface area contributed by atoms with E-state index in [1.54, 1.807) is 12.1 Å². The summed E-state index contributed by atoms with van der Waals surface area (Å²) in [6.07, 6.45) is -0.842. The number of halogens is 2. The van der Waals surface area contributed by atoms with E-state index in [0.29, 0.717) is 13.1 Å². The molecule has 0 saturated carbocycles. The highest BCUT2D eigenvalue weighted by molar-refractivity contribution is 7.89. The Morgan fingerprint density at radius 2 is 1.75 bits per heavy atom. The SMILES string of the molecule is O=S(=O)(c1cccc(F)c1)N1CCN(CC(O)COc2ccccc2F)CC1. The first-order valence-electron chi connectivity index (χ1n) is 8.90. The van der Waals surface area contributed by atoms with Crippen molar-refractivity contribution in [2.24, 2.45) is 0 Å². The van der Waals surface area contributed by atoms with Crippen molar-refractivity contribution in [2.45, 2.75) is 11.0 Å². The molecule has 0 aromatic heterocycles. The number of ether oxygens (including phenoxy) is 1. The van der Waals surface area contributed by atoms with E-state index in [2.05, 4.69) is 0 Å². The molecular weight excluding hydrogens is 390 g/mol. The number of benzene rings is 2. The van der Waals surface area contributed by atoms with Crippen LogP contribution in [0.3, 0.4) is 0 Å². The Labute approximate surface area is 163 Å². The van der Waals surface area contributed by atoms with Crippen LogP contribution < -0.4 is 4.74 Å². The number of aliphatic hydroxyl groups excluding tert-OH is 1. The molecule has 9 heteroatoms. The van der Waals surface area contributed by atoms with Crippen molar-refractivity contribution in [1.29, 1.82) is 0 Å². The third-order valence-corrected chi connectivity index (χ3v) is 6.40. The predicted molar refractivity (Wildman–Crippen MR) is 99.5 cm³/mol. The van der Waals surface area contributed by atoms with Crippen molar-refractivity contribution in [2.75, 3.05) is 39.3 Å². The summed E-state index contributed by atoms with van der Waals surface area (Å²) in [6.45, 7) is 1.53. The van der Waals surface area contributed by atoms with E-state index in [0.717, 1.165) is 6.07 Å². The third-order valence-electron chi connectivity index (χ3n) is 4.50. The van der Waals surface area contributed by atoms with Gasteiger partial charge in [-0.2, -0.15) is 4.31 Å². The average molecular weight is 412 g/mol. The average Bonchev–Trinajstić information content (AvgIpc) is 2.68. The van der Waals surface area contributed by atoms with Crippen molar-refractivity contribution in [3.05, 3.63) is 60.2 Å². The summed E-state index contributed by atoms with van der Waals surface area (Å²) in [5.74, 6) is -1.02. The lowest BCUT2D eigenvalue weighted by molar-refractivity contribution is 0.0557. The number of para-hydroxylation sites is 1. The summed E-state index contributed by atoms with van der Waals surface area (Å²) >= 11 is 0. The fourth-order valence-electron chi connectivity index (χ4n) is 3.03. The second-order valence-corrected chi connectivity index (χ2v) is 8.50. The lowest BCUT2D eigenvalue weighted by Gasteiger charge is -2.34. The van der Waals surface area contributed by atoms with Crippen LogP contribution in [-0.4, -0.2) is 68.2 Å². The highest BCUT2D eigenvalue weighted by Crippen LogP contribution is 2.19. The van der Waals surface area contributed by atoms with Crippen LogP contribution in [0.5, 0.6) is 5.75 Å². The van der Waals surface area contributed by atoms with Crippen LogP contribution >= 0.6 is 0 Å². The molecule has 1 N–H and O–H groups in total. The Kier molecular flexibility index (Phi) is 6.61. The van der Waals surface area contributed by atoms with Crippen molar-refractivity contribution in [3.8, 4) is 5.75 Å². The molecule has 1 heterocycles. The molecule has 152 valence electrons. The highest BCUT2D eigenvalue weighted by atomic mass is 32.2. The second kappa shape index (κ2) is 8.95. The number of hydrogen-bond acceptors (Lipinski definition) is 5. The fourth-order valence-corrected chi connectivity index (χ4v) is 4.48. The topological polar surface area (TPSA) is 70.1 Å². The van der Waals surface area contributed by atoms with E-state index in [4.69, 9.17) is 4.74 Å². The van der Waals surface area contributed by atoms with E-state index in [-0.39, 0.29) is 36.9 Å². The fraction of sp³-hybridized carbons (Fsp3) is 0.368. The molecule has 1 fully saturated rings. The van der Waals surface area contributed by atoms with Crippen LogP contribution in [0.25, 0.3) is 0 Å². The van der Waals surface area contributed by atoms with Crippen LogP contribution in [0.1, 0.15) is 0 Å². The van der Waals surface area contributed by atoms with Gasteiger partial charge in [-0.3, -0.25) is 4.90 Å². The van der Waals surface area contributed by atoms with Crippen molar-refractivity contribution >= 4 is 10.0 Å². The zero-order chi connectivity index (χ0) is 20.1. The van der Waals surface area contributed by atoms with Gasteiger partial charge in [0.05, 0.1) is 4.90 Å². The number of rotatable bonds is 7. The lowest BCUT2D eigenvalue weighted by Crippen LogP contribution is -2.50. The zero-order valence-electron chi connectivity index (χ0n) is 15.2. The maximum Gasteiger partial charge on any atom is 0.243 e. The first-order chi connectivity index (χ1) is 13.4. The summed E-state index contributed by atoms with van der Waals surface area (Å²) in [5.41, 5.74) is 0. The molecular formula is C19H22F2N2O4S. The standard InChI is InChI=1S/C19H22F2N2O4S/c20-15-4-3-5-17(12-15)28(25,26)23-10-8-22(9-11-23)13-16(24)14-27-19-7-2-1-6-18(19)21/h1-7,12,16,24H,8-11,13-14H2. The van der Waals surface area contributed by atoms with Gasteiger partial charge in [0.15, 0.2) is 11.6 Å². The molecule has 1 saturated heterocycles. The van der Waals surface area contributed by atoms with Gasteiger partial charge in [0.25, 0.3) is 0 Å². The molecule has 0 bridgehead atoms. The summed E-state index contributed by atoms with van der Waals surface area (Å²) in [7, 11) is -3.75. The molecule has 3 rings (SSSR count). The third kappa shape index (κ3) is 5.05. The molecule has 0 aliphatic carbocycles. The van der Waals surface area contributed by atoms with Gasteiger partial charge in [0, 0.05) is 32.7 Å². The molecule has 1 atom stereocenters. The van der Waals surface area contributed by atoms with Crippen molar-refractivity contribution in [1.82, 2.24) is 9.21 Å². The molecule has 0 amide bonds. The van der Waals surface area contributed by atoms with Gasteiger partial charge in [-0.25, -0.2) is 17.2 Å². The summed E-state index contributed by atoms with van der Waals surface area (Å²) in [4.78, 5) is 1.84. The van der Waals surface area contributed by atoms with E-state index < -0.39 is 27.8 Å². The number of aliphatic hydroxyl groups is 1. The highest BCUT2D eigenvalue weighted by Gasteiger charge is 2.29. The largest absolute Gasteiger partial charge is 0.488 e. The summed E-state index contributed by atoms with van der Waals surface area (Å²) < 4.78 is 58.6. The van der Waals surface area contributed by atoms with Crippen LogP contribution in [-0.2, 0) is 10.0 Å². The lowest BCUT2D eigenvalue weighted by atomic mass is 10.3. The normalized spacial score (nSPS) is 17.4. The van der Waals surface area contributed by atoms with Crippen LogP contribution in [0, 0.1) is 11.6 Å². The summed E-state index contributed by atoms with van der Waals surface area (Å²) in [6, 6.07) is 10.9. The van der Waals surface area contributed by atoms with Crippen molar-refractivity contribution in [3.63, 3.8) is 0 Å². The Morgan fingerprint density at radius 1 is 1.04 bits per heavy atom. The Bertz CT molecular complexity index is 902. The van der Waals surface area contributed by atoms with Gasteiger partial charge >= 0.3 is 0 Å². The number of piperazine rings is 1. The maximum atomic E-state index is 13.5. The van der Waals surface area contributed by atoms with Crippen molar-refractivity contribution < 1.29 is 27.0 Å². The van der Waals surface area contributed by atoms with Crippen LogP contribution in [0.15, 0.2) is 53.4 Å². The minimum Gasteiger partial charge on any atom is -0.488 e. The van der Waals surface area contributed by atoms with Gasteiger partial charge in [0.1, 0.15) is 18.5 Å². The monoisotopic (exact) mass is 412 g/mol. The number of sulfonamides is 1. The van der Waals surface area contributed by atoms with Gasteiger partial charge in [-0.1, -0.05) is 18.2 Å². The Hall–Kier alpha value is -2.07. The molecule has 0 spiro atoms. The first kappa shape index (κ1) is 20.7. The molecule has 0 radical (unpaired) electrons.